The quantitative estimate of drug-likeness (QED) is 0.369. The number of anilines is 1. The smallest absolute Gasteiger partial charge is 0.416 e. The minimum absolute atomic E-state index is 0.0222. The minimum atomic E-state index is -4.41. The maximum atomic E-state index is 13.0. The van der Waals surface area contributed by atoms with E-state index in [2.05, 4.69) is 5.32 Å². The number of nitrogens with one attached hydrogen (secondary N) is 1. The third-order valence-corrected chi connectivity index (χ3v) is 3.87. The summed E-state index contributed by atoms with van der Waals surface area (Å²) in [5, 5.41) is 20.5. The molecule has 0 amide bonds. The van der Waals surface area contributed by atoms with E-state index >= 15 is 0 Å². The van der Waals surface area contributed by atoms with Gasteiger partial charge in [-0.05, 0) is 48.9 Å². The lowest BCUT2D eigenvalue weighted by Crippen LogP contribution is -2.15. The fraction of sp³-hybridized carbons (Fsp3) is 0.333. The molecule has 0 atom stereocenters. The highest BCUT2D eigenvalue weighted by atomic mass is 32.1. The van der Waals surface area contributed by atoms with Gasteiger partial charge in [-0.1, -0.05) is 12.2 Å². The molecule has 0 unspecified atom stereocenters. The lowest BCUT2D eigenvalue weighted by molar-refractivity contribution is -0.138. The van der Waals surface area contributed by atoms with E-state index in [0.29, 0.717) is 17.5 Å². The zero-order valence-corrected chi connectivity index (χ0v) is 12.5. The summed E-state index contributed by atoms with van der Waals surface area (Å²) in [6.07, 6.45) is -2.19. The second-order valence-corrected chi connectivity index (χ2v) is 5.49. The van der Waals surface area contributed by atoms with Crippen LogP contribution in [-0.2, 0) is 6.18 Å². The van der Waals surface area contributed by atoms with Gasteiger partial charge in [-0.25, -0.2) is 0 Å². The normalized spacial score (nSPS) is 15.3. The van der Waals surface area contributed by atoms with Crippen molar-refractivity contribution in [3.63, 3.8) is 0 Å². The van der Waals surface area contributed by atoms with Crippen LogP contribution in [0.4, 0.5) is 18.9 Å². The van der Waals surface area contributed by atoms with Crippen molar-refractivity contribution in [1.29, 1.82) is 5.26 Å². The van der Waals surface area contributed by atoms with Gasteiger partial charge in [0, 0.05) is 5.69 Å². The third-order valence-electron chi connectivity index (χ3n) is 3.55. The number of alkyl halides is 3. The van der Waals surface area contributed by atoms with Crippen molar-refractivity contribution in [1.82, 2.24) is 0 Å². The van der Waals surface area contributed by atoms with Gasteiger partial charge in [0.05, 0.1) is 11.8 Å². The molecule has 0 saturated heterocycles. The van der Waals surface area contributed by atoms with Crippen LogP contribution in [0.1, 0.15) is 35.4 Å². The van der Waals surface area contributed by atoms with Crippen LogP contribution in [0, 0.1) is 18.3 Å². The summed E-state index contributed by atoms with van der Waals surface area (Å²) in [5.74, 6) is 0.0660. The molecule has 7 heteroatoms. The number of benzene rings is 1. The van der Waals surface area contributed by atoms with Crippen molar-refractivity contribution < 1.29 is 18.3 Å². The summed E-state index contributed by atoms with van der Waals surface area (Å²) >= 11 is 4.99. The zero-order chi connectivity index (χ0) is 16.5. The molecule has 3 nitrogen and oxygen atoms in total. The number of nitriles is 1. The Kier molecular flexibility index (Phi) is 4.42. The van der Waals surface area contributed by atoms with Crippen molar-refractivity contribution in [2.24, 2.45) is 0 Å². The van der Waals surface area contributed by atoms with E-state index in [4.69, 9.17) is 22.6 Å². The number of hydrogen-bond donors (Lipinski definition) is 2. The largest absolute Gasteiger partial charge is 0.514 e. The van der Waals surface area contributed by atoms with E-state index in [-0.39, 0.29) is 22.0 Å². The van der Waals surface area contributed by atoms with Crippen LogP contribution in [0.2, 0.25) is 0 Å². The number of aliphatic hydroxyl groups excluding tert-OH is 1. The minimum Gasteiger partial charge on any atom is -0.514 e. The first kappa shape index (κ1) is 16.3. The van der Waals surface area contributed by atoms with Crippen LogP contribution in [-0.4, -0.2) is 10.1 Å². The van der Waals surface area contributed by atoms with Crippen molar-refractivity contribution >= 4 is 22.9 Å². The van der Waals surface area contributed by atoms with Gasteiger partial charge < -0.3 is 10.4 Å². The molecule has 1 aromatic carbocycles. The molecule has 0 aliphatic heterocycles. The van der Waals surface area contributed by atoms with E-state index < -0.39 is 11.7 Å². The Morgan fingerprint density at radius 1 is 1.45 bits per heavy atom. The number of rotatable bonds is 3. The van der Waals surface area contributed by atoms with Crippen LogP contribution in [0.15, 0.2) is 24.0 Å². The maximum Gasteiger partial charge on any atom is 0.416 e. The molecule has 2 rings (SSSR count). The van der Waals surface area contributed by atoms with Crippen molar-refractivity contribution in [2.75, 3.05) is 5.32 Å². The molecule has 1 aromatic rings. The Morgan fingerprint density at radius 2 is 2.09 bits per heavy atom. The van der Waals surface area contributed by atoms with Crippen LogP contribution in [0.25, 0.3) is 0 Å². The van der Waals surface area contributed by atoms with Gasteiger partial charge in [0.25, 0.3) is 0 Å². The van der Waals surface area contributed by atoms with Gasteiger partial charge in [-0.2, -0.15) is 18.4 Å². The molecular formula is C15H13F3N2OS. The Bertz CT molecular complexity index is 685. The summed E-state index contributed by atoms with van der Waals surface area (Å²) in [5.41, 5.74) is 0.396. The van der Waals surface area contributed by atoms with E-state index in [1.165, 1.54) is 13.0 Å². The summed E-state index contributed by atoms with van der Waals surface area (Å²) < 4.78 is 39.0. The average Bonchev–Trinajstić information content (AvgIpc) is 3.23. The molecule has 0 bridgehead atoms. The lowest BCUT2D eigenvalue weighted by Gasteiger charge is -2.19. The Labute approximate surface area is 131 Å². The molecule has 0 aromatic heterocycles. The molecule has 1 saturated carbocycles. The van der Waals surface area contributed by atoms with Crippen LogP contribution in [0.3, 0.4) is 0 Å². The molecule has 2 N–H and O–H groups in total. The maximum absolute atomic E-state index is 13.0. The molecular weight excluding hydrogens is 313 g/mol. The number of halogens is 3. The summed E-state index contributed by atoms with van der Waals surface area (Å²) in [6.45, 7) is 1.44. The molecule has 1 aliphatic carbocycles. The number of nitrogens with zero attached hydrogens (tertiary/aromatic N) is 1. The molecule has 116 valence electrons. The Hall–Kier alpha value is -2.07. The highest BCUT2D eigenvalue weighted by Crippen LogP contribution is 2.47. The van der Waals surface area contributed by atoms with E-state index in [1.807, 2.05) is 0 Å². The molecule has 22 heavy (non-hydrogen) atoms. The first-order chi connectivity index (χ1) is 10.3. The number of thiocarbonyl (C=S) groups is 1. The average molecular weight is 326 g/mol. The van der Waals surface area contributed by atoms with Gasteiger partial charge in [0.1, 0.15) is 16.6 Å². The highest BCUT2D eigenvalue weighted by molar-refractivity contribution is 7.81. The monoisotopic (exact) mass is 326 g/mol. The molecule has 0 spiro atoms. The van der Waals surface area contributed by atoms with Gasteiger partial charge in [0.2, 0.25) is 0 Å². The molecule has 1 fully saturated rings. The standard InChI is InChI=1S/C15H13F3N2OS/c1-8-11(15(16,17)18)4-5-12(13(8)9-2-3-9)20-14(22)10(6-19)7-21/h4-5,7,9,21H,2-3H2,1H3,(H,20,22). The van der Waals surface area contributed by atoms with Crippen LogP contribution < -0.4 is 5.32 Å². The van der Waals surface area contributed by atoms with Crippen molar-refractivity contribution in [3.8, 4) is 6.07 Å². The second kappa shape index (κ2) is 5.97. The summed E-state index contributed by atoms with van der Waals surface area (Å²) in [7, 11) is 0. The van der Waals surface area contributed by atoms with Gasteiger partial charge >= 0.3 is 6.18 Å². The van der Waals surface area contributed by atoms with E-state index in [0.717, 1.165) is 18.9 Å². The predicted molar refractivity (Wildman–Crippen MR) is 80.7 cm³/mol. The topological polar surface area (TPSA) is 56.0 Å². The van der Waals surface area contributed by atoms with Crippen LogP contribution in [0.5, 0.6) is 0 Å². The molecule has 0 heterocycles. The fourth-order valence-electron chi connectivity index (χ4n) is 2.37. The van der Waals surface area contributed by atoms with Crippen LogP contribution >= 0.6 is 12.2 Å². The lowest BCUT2D eigenvalue weighted by atomic mass is 9.96. The SMILES string of the molecule is Cc1c(C(F)(F)F)ccc(NC(=S)C(C#N)=CO)c1C1CC1. The zero-order valence-electron chi connectivity index (χ0n) is 11.7. The van der Waals surface area contributed by atoms with E-state index in [1.54, 1.807) is 6.07 Å². The molecule has 0 radical (unpaired) electrons. The number of aliphatic hydroxyl groups is 1. The number of hydrogen-bond acceptors (Lipinski definition) is 3. The predicted octanol–water partition coefficient (Wildman–Crippen LogP) is 4.60. The van der Waals surface area contributed by atoms with Crippen molar-refractivity contribution in [2.45, 2.75) is 31.9 Å². The fourth-order valence-corrected chi connectivity index (χ4v) is 2.58. The van der Waals surface area contributed by atoms with Crippen molar-refractivity contribution in [3.05, 3.63) is 40.7 Å². The van der Waals surface area contributed by atoms with Gasteiger partial charge in [-0.15, -0.1) is 0 Å². The highest BCUT2D eigenvalue weighted by Gasteiger charge is 2.37. The van der Waals surface area contributed by atoms with Gasteiger partial charge in [0.15, 0.2) is 0 Å². The Morgan fingerprint density at radius 3 is 2.55 bits per heavy atom. The summed E-state index contributed by atoms with van der Waals surface area (Å²) in [4.78, 5) is -0.0222. The first-order valence-electron chi connectivity index (χ1n) is 6.56. The Balaban J connectivity index is 2.43. The van der Waals surface area contributed by atoms with Gasteiger partial charge in [-0.3, -0.25) is 0 Å². The molecule has 1 aliphatic rings. The summed E-state index contributed by atoms with van der Waals surface area (Å²) in [6, 6.07) is 4.04. The van der Waals surface area contributed by atoms with E-state index in [9.17, 15) is 13.2 Å². The third kappa shape index (κ3) is 3.22. The first-order valence-corrected chi connectivity index (χ1v) is 6.97. The second-order valence-electron chi connectivity index (χ2n) is 5.08.